The van der Waals surface area contributed by atoms with Crippen LogP contribution in [0.5, 0.6) is 5.75 Å². The van der Waals surface area contributed by atoms with Crippen molar-refractivity contribution in [1.82, 2.24) is 14.8 Å². The van der Waals surface area contributed by atoms with Crippen molar-refractivity contribution in [2.24, 2.45) is 11.8 Å². The van der Waals surface area contributed by atoms with Gasteiger partial charge in [0.1, 0.15) is 29.2 Å². The van der Waals surface area contributed by atoms with Gasteiger partial charge in [0.25, 0.3) is 11.8 Å². The van der Waals surface area contributed by atoms with Crippen LogP contribution in [0.3, 0.4) is 0 Å². The fraction of sp³-hybridized carbons (Fsp3) is 0.409. The van der Waals surface area contributed by atoms with Crippen LogP contribution in [0.15, 0.2) is 23.1 Å². The maximum atomic E-state index is 14.4. The summed E-state index contributed by atoms with van der Waals surface area (Å²) in [7, 11) is 0. The third-order valence-electron chi connectivity index (χ3n) is 7.11. The molecule has 2 aliphatic heterocycles. The lowest BCUT2D eigenvalue weighted by atomic mass is 9.92. The molecule has 1 aromatic heterocycles. The number of nitrogens with one attached hydrogen (secondary N) is 1. The van der Waals surface area contributed by atoms with Gasteiger partial charge in [0.05, 0.1) is 12.1 Å². The summed E-state index contributed by atoms with van der Waals surface area (Å²) in [5.74, 6) is -6.37. The van der Waals surface area contributed by atoms with Gasteiger partial charge in [-0.05, 0) is 18.3 Å². The number of halogens is 4. The minimum absolute atomic E-state index is 0.0824. The molecule has 33 heavy (non-hydrogen) atoms. The summed E-state index contributed by atoms with van der Waals surface area (Å²) >= 11 is 0. The van der Waals surface area contributed by atoms with Crippen molar-refractivity contribution in [2.45, 2.75) is 44.7 Å². The molecular weight excluding hydrogens is 446 g/mol. The predicted octanol–water partition coefficient (Wildman–Crippen LogP) is 2.10. The van der Waals surface area contributed by atoms with Crippen LogP contribution in [-0.2, 0) is 13.1 Å². The van der Waals surface area contributed by atoms with Crippen LogP contribution >= 0.6 is 0 Å². The number of carbonyl (C=O) groups excluding carboxylic acids is 2. The molecule has 2 bridgehead atoms. The smallest absolute Gasteiger partial charge is 0.275 e. The summed E-state index contributed by atoms with van der Waals surface area (Å²) in [6.45, 7) is 1.35. The molecule has 1 saturated carbocycles. The van der Waals surface area contributed by atoms with Crippen molar-refractivity contribution in [2.75, 3.05) is 0 Å². The van der Waals surface area contributed by atoms with E-state index in [0.29, 0.717) is 18.6 Å². The number of nitrogens with zero attached hydrogens (tertiary/aromatic N) is 2. The first-order valence-electron chi connectivity index (χ1n) is 10.4. The van der Waals surface area contributed by atoms with Crippen molar-refractivity contribution in [1.29, 1.82) is 0 Å². The molecule has 0 spiro atoms. The van der Waals surface area contributed by atoms with Gasteiger partial charge in [-0.25, -0.2) is 17.6 Å². The molecule has 2 N–H and O–H groups in total. The number of aromatic nitrogens is 1. The lowest BCUT2D eigenvalue weighted by Gasteiger charge is -2.41. The van der Waals surface area contributed by atoms with Gasteiger partial charge in [-0.2, -0.15) is 0 Å². The Kier molecular flexibility index (Phi) is 4.77. The summed E-state index contributed by atoms with van der Waals surface area (Å²) in [4.78, 5) is 39.7. The second kappa shape index (κ2) is 7.32. The van der Waals surface area contributed by atoms with Crippen LogP contribution in [0.1, 0.15) is 39.8 Å². The number of amides is 2. The van der Waals surface area contributed by atoms with Gasteiger partial charge >= 0.3 is 0 Å². The zero-order valence-electron chi connectivity index (χ0n) is 17.3. The van der Waals surface area contributed by atoms with Crippen LogP contribution in [0.25, 0.3) is 0 Å². The first-order valence-corrected chi connectivity index (χ1v) is 10.4. The largest absolute Gasteiger partial charge is 0.503 e. The minimum atomic E-state index is -1.21. The second-order valence-electron chi connectivity index (χ2n) is 8.80. The van der Waals surface area contributed by atoms with Gasteiger partial charge in [0.2, 0.25) is 5.43 Å². The molecule has 0 radical (unpaired) electrons. The molecule has 2 fully saturated rings. The van der Waals surface area contributed by atoms with Gasteiger partial charge in [0.15, 0.2) is 11.4 Å². The molecule has 11 heteroatoms. The van der Waals surface area contributed by atoms with E-state index in [0.717, 1.165) is 6.20 Å². The van der Waals surface area contributed by atoms with E-state index in [1.165, 1.54) is 9.47 Å². The lowest BCUT2D eigenvalue weighted by molar-refractivity contribution is 0.0308. The number of hydrogen-bond acceptors (Lipinski definition) is 4. The monoisotopic (exact) mass is 465 g/mol. The third-order valence-corrected chi connectivity index (χ3v) is 7.11. The number of piperidine rings is 1. The molecule has 7 nitrogen and oxygen atoms in total. The standard InChI is InChI=1S/C22H19F4N3O4/c1-8-10-4-15(26)17(8)29-16(10)7-28-6-12(19(30)20(31)18(28)22(29)33)21(32)27-5-11-13(24)2-9(23)3-14(11)25/h2-3,6,8,10,15-17,31H,4-5,7H2,1H3,(H,27,32)/t8-,10+,15+,16-,17+/m0/s1. The fourth-order valence-electron chi connectivity index (χ4n) is 5.58. The first kappa shape index (κ1) is 21.5. The molecule has 2 amide bonds. The number of pyridine rings is 1. The zero-order chi connectivity index (χ0) is 23.8. The summed E-state index contributed by atoms with van der Waals surface area (Å²) in [6, 6.07) is -0.0453. The predicted molar refractivity (Wildman–Crippen MR) is 106 cm³/mol. The quantitative estimate of drug-likeness (QED) is 0.680. The van der Waals surface area contributed by atoms with Crippen LogP contribution in [0.2, 0.25) is 0 Å². The van der Waals surface area contributed by atoms with Crippen molar-refractivity contribution in [3.8, 4) is 5.75 Å². The molecule has 1 saturated heterocycles. The van der Waals surface area contributed by atoms with E-state index in [1.807, 2.05) is 6.92 Å². The molecule has 2 aromatic rings. The molecule has 5 atom stereocenters. The highest BCUT2D eigenvalue weighted by Crippen LogP contribution is 2.50. The molecule has 174 valence electrons. The Hall–Kier alpha value is -3.37. The molecular formula is C22H19F4N3O4. The third kappa shape index (κ3) is 3.05. The Labute approximate surface area is 184 Å². The van der Waals surface area contributed by atoms with Gasteiger partial charge < -0.3 is 19.9 Å². The Balaban J connectivity index is 1.45. The number of benzene rings is 1. The molecule has 3 aliphatic rings. The minimum Gasteiger partial charge on any atom is -0.503 e. The van der Waals surface area contributed by atoms with Gasteiger partial charge in [-0.1, -0.05) is 6.92 Å². The molecule has 0 unspecified atom stereocenters. The molecule has 5 rings (SSSR count). The Morgan fingerprint density at radius 1 is 1.21 bits per heavy atom. The highest BCUT2D eigenvalue weighted by Gasteiger charge is 2.60. The zero-order valence-corrected chi connectivity index (χ0v) is 17.3. The topological polar surface area (TPSA) is 91.6 Å². The number of hydrogen-bond donors (Lipinski definition) is 2. The fourth-order valence-corrected chi connectivity index (χ4v) is 5.58. The Morgan fingerprint density at radius 3 is 2.55 bits per heavy atom. The van der Waals surface area contributed by atoms with Crippen LogP contribution in [0, 0.1) is 29.3 Å². The SMILES string of the molecule is C[C@H]1[C@H]2C[C@@H](F)[C@@H]1N1C(=O)c3c(O)c(=O)c(C(=O)NCc4c(F)cc(F)cc4F)cn3C[C@@H]21. The van der Waals surface area contributed by atoms with E-state index in [4.69, 9.17) is 0 Å². The summed E-state index contributed by atoms with van der Waals surface area (Å²) < 4.78 is 56.4. The number of carbonyl (C=O) groups is 2. The van der Waals surface area contributed by atoms with E-state index in [-0.39, 0.29) is 30.1 Å². The van der Waals surface area contributed by atoms with Crippen molar-refractivity contribution >= 4 is 11.8 Å². The number of aromatic hydroxyl groups is 1. The number of alkyl halides is 1. The Morgan fingerprint density at radius 2 is 1.88 bits per heavy atom. The number of fused-ring (bicyclic) bond motifs is 6. The van der Waals surface area contributed by atoms with Crippen LogP contribution < -0.4 is 10.7 Å². The summed E-state index contributed by atoms with van der Waals surface area (Å²) in [5, 5.41) is 12.6. The van der Waals surface area contributed by atoms with E-state index in [1.54, 1.807) is 0 Å². The summed E-state index contributed by atoms with van der Waals surface area (Å²) in [5.41, 5.74) is -2.59. The van der Waals surface area contributed by atoms with Crippen LogP contribution in [0.4, 0.5) is 17.6 Å². The van der Waals surface area contributed by atoms with Crippen molar-refractivity contribution in [3.05, 3.63) is 62.8 Å². The maximum Gasteiger partial charge on any atom is 0.275 e. The highest BCUT2D eigenvalue weighted by molar-refractivity contribution is 5.99. The highest BCUT2D eigenvalue weighted by atomic mass is 19.1. The van der Waals surface area contributed by atoms with E-state index in [2.05, 4.69) is 5.32 Å². The molecule has 1 aromatic carbocycles. The lowest BCUT2D eigenvalue weighted by Crippen LogP contribution is -2.55. The van der Waals surface area contributed by atoms with Crippen molar-refractivity contribution < 1.29 is 32.3 Å². The van der Waals surface area contributed by atoms with Crippen LogP contribution in [-0.4, -0.2) is 44.6 Å². The summed E-state index contributed by atoms with van der Waals surface area (Å²) in [6.07, 6.45) is 0.246. The van der Waals surface area contributed by atoms with Gasteiger partial charge in [-0.3, -0.25) is 14.4 Å². The molecule has 3 heterocycles. The van der Waals surface area contributed by atoms with Crippen molar-refractivity contribution in [3.63, 3.8) is 0 Å². The Bertz CT molecular complexity index is 1240. The first-order chi connectivity index (χ1) is 15.6. The van der Waals surface area contributed by atoms with E-state index >= 15 is 0 Å². The van der Waals surface area contributed by atoms with Gasteiger partial charge in [0, 0.05) is 37.0 Å². The second-order valence-corrected chi connectivity index (χ2v) is 8.80. The average molecular weight is 465 g/mol. The van der Waals surface area contributed by atoms with Gasteiger partial charge in [-0.15, -0.1) is 0 Å². The normalized spacial score (nSPS) is 27.5. The number of rotatable bonds is 3. The van der Waals surface area contributed by atoms with E-state index in [9.17, 15) is 37.1 Å². The maximum absolute atomic E-state index is 14.4. The molecule has 1 aliphatic carbocycles. The average Bonchev–Trinajstić information content (AvgIpc) is 3.17. The van der Waals surface area contributed by atoms with E-state index < -0.39 is 70.3 Å².